The predicted octanol–water partition coefficient (Wildman–Crippen LogP) is 2.83. The fraction of sp³-hybridized carbons (Fsp3) is 0.462. The number of carbonyl (C=O) groups excluding carboxylic acids is 1. The van der Waals surface area contributed by atoms with E-state index in [0.29, 0.717) is 22.6 Å². The van der Waals surface area contributed by atoms with Gasteiger partial charge in [0.25, 0.3) is 0 Å². The van der Waals surface area contributed by atoms with Gasteiger partial charge in [-0.3, -0.25) is 4.79 Å². The lowest BCUT2D eigenvalue weighted by Gasteiger charge is -2.25. The van der Waals surface area contributed by atoms with Crippen LogP contribution in [0.2, 0.25) is 10.0 Å². The molecule has 1 aliphatic rings. The van der Waals surface area contributed by atoms with E-state index in [0.717, 1.165) is 18.4 Å². The molecule has 1 amide bonds. The van der Waals surface area contributed by atoms with Crippen LogP contribution in [0.15, 0.2) is 18.2 Å². The van der Waals surface area contributed by atoms with Crippen LogP contribution >= 0.6 is 23.2 Å². The van der Waals surface area contributed by atoms with E-state index < -0.39 is 6.04 Å². The molecule has 0 bridgehead atoms. The van der Waals surface area contributed by atoms with Gasteiger partial charge in [-0.05, 0) is 43.5 Å². The van der Waals surface area contributed by atoms with Gasteiger partial charge in [0, 0.05) is 22.6 Å². The Labute approximate surface area is 117 Å². The van der Waals surface area contributed by atoms with E-state index in [-0.39, 0.29) is 5.91 Å². The quantitative estimate of drug-likeness (QED) is 0.925. The number of halogens is 2. The number of hydrogen-bond acceptors (Lipinski definition) is 2. The van der Waals surface area contributed by atoms with E-state index in [2.05, 4.69) is 0 Å². The van der Waals surface area contributed by atoms with Crippen LogP contribution in [0.25, 0.3) is 0 Å². The van der Waals surface area contributed by atoms with Crippen molar-refractivity contribution in [3.05, 3.63) is 33.8 Å². The maximum absolute atomic E-state index is 12.0. The predicted molar refractivity (Wildman–Crippen MR) is 73.7 cm³/mol. The second-order valence-electron chi connectivity index (χ2n) is 4.72. The van der Waals surface area contributed by atoms with Crippen molar-refractivity contribution in [1.29, 1.82) is 0 Å². The summed E-state index contributed by atoms with van der Waals surface area (Å²) in [6, 6.07) is 5.11. The van der Waals surface area contributed by atoms with Gasteiger partial charge in [-0.2, -0.15) is 0 Å². The molecule has 1 atom stereocenters. The van der Waals surface area contributed by atoms with Crippen LogP contribution in [0, 0.1) is 0 Å². The third-order valence-corrected chi connectivity index (χ3v) is 3.61. The molecule has 3 nitrogen and oxygen atoms in total. The zero-order chi connectivity index (χ0) is 13.3. The molecule has 98 valence electrons. The Morgan fingerprint density at radius 1 is 1.50 bits per heavy atom. The van der Waals surface area contributed by atoms with E-state index in [4.69, 9.17) is 28.9 Å². The van der Waals surface area contributed by atoms with E-state index in [1.807, 2.05) is 4.90 Å². The average molecular weight is 287 g/mol. The highest BCUT2D eigenvalue weighted by Gasteiger charge is 2.33. The van der Waals surface area contributed by atoms with Crippen LogP contribution in [-0.4, -0.2) is 22.9 Å². The Balaban J connectivity index is 2.18. The smallest absolute Gasteiger partial charge is 0.239 e. The molecule has 0 saturated heterocycles. The SMILES string of the molecule is CC(N)C(=O)N(Cc1cc(Cl)ccc1Cl)C1CC1. The van der Waals surface area contributed by atoms with Crippen molar-refractivity contribution >= 4 is 29.1 Å². The van der Waals surface area contributed by atoms with Crippen LogP contribution < -0.4 is 5.73 Å². The van der Waals surface area contributed by atoms with Gasteiger partial charge in [-0.25, -0.2) is 0 Å². The molecule has 2 rings (SSSR count). The number of nitrogens with two attached hydrogens (primary N) is 1. The first-order valence-electron chi connectivity index (χ1n) is 5.99. The van der Waals surface area contributed by atoms with Crippen molar-refractivity contribution in [1.82, 2.24) is 4.90 Å². The van der Waals surface area contributed by atoms with E-state index in [1.165, 1.54) is 0 Å². The third-order valence-electron chi connectivity index (χ3n) is 3.01. The van der Waals surface area contributed by atoms with Crippen LogP contribution in [0.3, 0.4) is 0 Å². The Hall–Kier alpha value is -0.770. The minimum Gasteiger partial charge on any atom is -0.334 e. The van der Waals surface area contributed by atoms with Crippen LogP contribution in [0.4, 0.5) is 0 Å². The summed E-state index contributed by atoms with van der Waals surface area (Å²) >= 11 is 12.1. The molecule has 0 spiro atoms. The normalized spacial score (nSPS) is 16.4. The molecule has 2 N–H and O–H groups in total. The van der Waals surface area contributed by atoms with E-state index in [1.54, 1.807) is 25.1 Å². The lowest BCUT2D eigenvalue weighted by Crippen LogP contribution is -2.42. The maximum Gasteiger partial charge on any atom is 0.239 e. The van der Waals surface area contributed by atoms with E-state index >= 15 is 0 Å². The van der Waals surface area contributed by atoms with Gasteiger partial charge in [-0.15, -0.1) is 0 Å². The summed E-state index contributed by atoms with van der Waals surface area (Å²) in [4.78, 5) is 13.9. The van der Waals surface area contributed by atoms with E-state index in [9.17, 15) is 4.79 Å². The lowest BCUT2D eigenvalue weighted by molar-refractivity contribution is -0.133. The minimum atomic E-state index is -0.483. The highest BCUT2D eigenvalue weighted by molar-refractivity contribution is 6.33. The first-order valence-corrected chi connectivity index (χ1v) is 6.74. The summed E-state index contributed by atoms with van der Waals surface area (Å²) < 4.78 is 0. The highest BCUT2D eigenvalue weighted by atomic mass is 35.5. The monoisotopic (exact) mass is 286 g/mol. The molecule has 0 aliphatic heterocycles. The Morgan fingerprint density at radius 2 is 2.17 bits per heavy atom. The third kappa shape index (κ3) is 3.16. The van der Waals surface area contributed by atoms with Crippen LogP contribution in [0.5, 0.6) is 0 Å². The summed E-state index contributed by atoms with van der Waals surface area (Å²) in [5.74, 6) is -0.0338. The second kappa shape index (κ2) is 5.47. The van der Waals surface area contributed by atoms with Crippen LogP contribution in [0.1, 0.15) is 25.3 Å². The molecule has 0 radical (unpaired) electrons. The molecule has 1 aliphatic carbocycles. The summed E-state index contributed by atoms with van der Waals surface area (Å²) in [7, 11) is 0. The number of hydrogen-bond donors (Lipinski definition) is 1. The first kappa shape index (κ1) is 13.7. The van der Waals surface area contributed by atoms with Gasteiger partial charge < -0.3 is 10.6 Å². The fourth-order valence-electron chi connectivity index (χ4n) is 1.88. The van der Waals surface area contributed by atoms with Crippen LogP contribution in [-0.2, 0) is 11.3 Å². The summed E-state index contributed by atoms with van der Waals surface area (Å²) in [5, 5.41) is 1.25. The maximum atomic E-state index is 12.0. The highest BCUT2D eigenvalue weighted by Crippen LogP contribution is 2.31. The summed E-state index contributed by atoms with van der Waals surface area (Å²) in [6.07, 6.45) is 2.08. The number of carbonyl (C=O) groups is 1. The largest absolute Gasteiger partial charge is 0.334 e. The van der Waals surface area contributed by atoms with Crippen molar-refractivity contribution in [3.8, 4) is 0 Å². The molecule has 1 unspecified atom stereocenters. The fourth-order valence-corrected chi connectivity index (χ4v) is 2.25. The topological polar surface area (TPSA) is 46.3 Å². The first-order chi connectivity index (χ1) is 8.49. The number of benzene rings is 1. The van der Waals surface area contributed by atoms with Gasteiger partial charge in [0.15, 0.2) is 0 Å². The Bertz CT molecular complexity index is 458. The second-order valence-corrected chi connectivity index (χ2v) is 5.57. The number of nitrogens with zero attached hydrogens (tertiary/aromatic N) is 1. The number of amides is 1. The molecule has 5 heteroatoms. The van der Waals surface area contributed by atoms with Crippen molar-refractivity contribution in [2.75, 3.05) is 0 Å². The molecular weight excluding hydrogens is 271 g/mol. The Morgan fingerprint density at radius 3 is 2.72 bits per heavy atom. The zero-order valence-electron chi connectivity index (χ0n) is 10.2. The van der Waals surface area contributed by atoms with Crippen molar-refractivity contribution < 1.29 is 4.79 Å². The van der Waals surface area contributed by atoms with Gasteiger partial charge in [0.2, 0.25) is 5.91 Å². The summed E-state index contributed by atoms with van der Waals surface area (Å²) in [5.41, 5.74) is 6.54. The standard InChI is InChI=1S/C13H16Cl2N2O/c1-8(16)13(18)17(11-3-4-11)7-9-6-10(14)2-5-12(9)15/h2,5-6,8,11H,3-4,7,16H2,1H3. The van der Waals surface area contributed by atoms with Gasteiger partial charge in [0.1, 0.15) is 0 Å². The van der Waals surface area contributed by atoms with Gasteiger partial charge >= 0.3 is 0 Å². The van der Waals surface area contributed by atoms with Crippen molar-refractivity contribution in [3.63, 3.8) is 0 Å². The summed E-state index contributed by atoms with van der Waals surface area (Å²) in [6.45, 7) is 2.18. The molecular formula is C13H16Cl2N2O. The molecule has 1 saturated carbocycles. The zero-order valence-corrected chi connectivity index (χ0v) is 11.7. The molecule has 1 aromatic rings. The minimum absolute atomic E-state index is 0.0338. The molecule has 1 aromatic carbocycles. The lowest BCUT2D eigenvalue weighted by atomic mass is 10.2. The number of rotatable bonds is 4. The average Bonchev–Trinajstić information content (AvgIpc) is 3.13. The van der Waals surface area contributed by atoms with Gasteiger partial charge in [-0.1, -0.05) is 23.2 Å². The Kier molecular flexibility index (Phi) is 4.15. The van der Waals surface area contributed by atoms with Crippen molar-refractivity contribution in [2.24, 2.45) is 5.73 Å². The molecule has 0 heterocycles. The molecule has 1 fully saturated rings. The van der Waals surface area contributed by atoms with Gasteiger partial charge in [0.05, 0.1) is 6.04 Å². The molecule has 0 aromatic heterocycles. The van der Waals surface area contributed by atoms with Crippen molar-refractivity contribution in [2.45, 2.75) is 38.4 Å². The molecule has 18 heavy (non-hydrogen) atoms.